The maximum atomic E-state index is 11.3. The van der Waals surface area contributed by atoms with Gasteiger partial charge in [0, 0.05) is 12.8 Å². The molecule has 0 rings (SSSR count). The molecular weight excluding hydrogens is 400 g/mol. The Morgan fingerprint density at radius 3 is 1.58 bits per heavy atom. The van der Waals surface area contributed by atoms with Gasteiger partial charge in [-0.1, -0.05) is 78.1 Å². The SMILES string of the molecule is CCCCCCCC(=O)OCCOCCOCCO.CCCCCCCCCC(=O)O. The molecule has 0 aliphatic heterocycles. The highest BCUT2D eigenvalue weighted by Gasteiger charge is 2.02. The molecule has 0 aromatic rings. The van der Waals surface area contributed by atoms with E-state index in [-0.39, 0.29) is 12.6 Å². The van der Waals surface area contributed by atoms with Crippen LogP contribution in [0.25, 0.3) is 0 Å². The number of carbonyl (C=O) groups excluding carboxylic acids is 1. The van der Waals surface area contributed by atoms with Gasteiger partial charge in [-0.2, -0.15) is 0 Å². The molecule has 0 saturated carbocycles. The number of unbranched alkanes of at least 4 members (excludes halogenated alkanes) is 10. The van der Waals surface area contributed by atoms with Gasteiger partial charge in [-0.25, -0.2) is 0 Å². The maximum absolute atomic E-state index is 11.3. The topological polar surface area (TPSA) is 102 Å². The van der Waals surface area contributed by atoms with Crippen molar-refractivity contribution in [1.29, 1.82) is 0 Å². The van der Waals surface area contributed by atoms with Crippen LogP contribution in [0, 0.1) is 0 Å². The smallest absolute Gasteiger partial charge is 0.305 e. The number of aliphatic carboxylic acids is 1. The zero-order valence-corrected chi connectivity index (χ0v) is 20.1. The number of hydrogen-bond donors (Lipinski definition) is 2. The summed E-state index contributed by atoms with van der Waals surface area (Å²) in [5.41, 5.74) is 0. The number of carboxylic acid groups (broad SMARTS) is 1. The summed E-state index contributed by atoms with van der Waals surface area (Å²) in [5.74, 6) is -0.805. The van der Waals surface area contributed by atoms with Crippen LogP contribution in [0.1, 0.15) is 104 Å². The first kappa shape index (κ1) is 32.0. The average molecular weight is 449 g/mol. The predicted octanol–water partition coefficient (Wildman–Crippen LogP) is 5.13. The first-order chi connectivity index (χ1) is 15.1. The maximum Gasteiger partial charge on any atom is 0.305 e. The molecule has 0 heterocycles. The Labute approximate surface area is 189 Å². The Morgan fingerprint density at radius 1 is 0.613 bits per heavy atom. The molecule has 0 bridgehead atoms. The molecule has 0 aliphatic rings. The summed E-state index contributed by atoms with van der Waals surface area (Å²) in [4.78, 5) is 21.5. The Morgan fingerprint density at radius 2 is 1.06 bits per heavy atom. The summed E-state index contributed by atoms with van der Waals surface area (Å²) in [6, 6.07) is 0. The zero-order chi connectivity index (χ0) is 23.4. The molecule has 0 spiro atoms. The van der Waals surface area contributed by atoms with Crippen molar-refractivity contribution in [3.63, 3.8) is 0 Å². The van der Waals surface area contributed by atoms with Crippen LogP contribution >= 0.6 is 0 Å². The summed E-state index contributed by atoms with van der Waals surface area (Å²) in [7, 11) is 0. The Bertz CT molecular complexity index is 375. The second kappa shape index (κ2) is 28.8. The first-order valence-corrected chi connectivity index (χ1v) is 12.2. The van der Waals surface area contributed by atoms with Crippen LogP contribution in [-0.4, -0.2) is 61.8 Å². The quantitative estimate of drug-likeness (QED) is 0.175. The van der Waals surface area contributed by atoms with Gasteiger partial charge in [0.1, 0.15) is 6.61 Å². The van der Waals surface area contributed by atoms with E-state index in [1.54, 1.807) is 0 Å². The largest absolute Gasteiger partial charge is 0.481 e. The minimum atomic E-state index is -0.663. The van der Waals surface area contributed by atoms with Gasteiger partial charge in [0.2, 0.25) is 0 Å². The Balaban J connectivity index is 0. The van der Waals surface area contributed by atoms with Crippen molar-refractivity contribution < 1.29 is 34.0 Å². The second-order valence-corrected chi connectivity index (χ2v) is 7.60. The summed E-state index contributed by atoms with van der Waals surface area (Å²) in [5, 5.41) is 16.8. The summed E-state index contributed by atoms with van der Waals surface area (Å²) >= 11 is 0. The van der Waals surface area contributed by atoms with Crippen LogP contribution in [0.15, 0.2) is 0 Å². The minimum absolute atomic E-state index is 0.0237. The van der Waals surface area contributed by atoms with E-state index in [9.17, 15) is 9.59 Å². The van der Waals surface area contributed by atoms with Crippen LogP contribution in [0.3, 0.4) is 0 Å². The van der Waals surface area contributed by atoms with Crippen molar-refractivity contribution in [2.24, 2.45) is 0 Å². The van der Waals surface area contributed by atoms with Crippen LogP contribution in [0.2, 0.25) is 0 Å². The molecule has 0 aliphatic carbocycles. The van der Waals surface area contributed by atoms with Crippen LogP contribution in [0.4, 0.5) is 0 Å². The molecular formula is C24H48O7. The molecule has 31 heavy (non-hydrogen) atoms. The fourth-order valence-corrected chi connectivity index (χ4v) is 2.78. The molecule has 0 amide bonds. The number of hydrogen-bond acceptors (Lipinski definition) is 6. The highest BCUT2D eigenvalue weighted by atomic mass is 16.6. The van der Waals surface area contributed by atoms with Crippen molar-refractivity contribution in [2.45, 2.75) is 104 Å². The van der Waals surface area contributed by atoms with Crippen molar-refractivity contribution in [3.8, 4) is 0 Å². The summed E-state index contributed by atoms with van der Waals surface area (Å²) in [6.45, 7) is 6.32. The van der Waals surface area contributed by atoms with Gasteiger partial charge in [-0.15, -0.1) is 0 Å². The summed E-state index contributed by atoms with van der Waals surface area (Å²) < 4.78 is 15.2. The van der Waals surface area contributed by atoms with Gasteiger partial charge >= 0.3 is 11.9 Å². The third kappa shape index (κ3) is 33.7. The highest BCUT2D eigenvalue weighted by molar-refractivity contribution is 5.69. The Hall–Kier alpha value is -1.18. The number of carboxylic acids is 1. The lowest BCUT2D eigenvalue weighted by atomic mass is 10.1. The number of esters is 1. The monoisotopic (exact) mass is 448 g/mol. The van der Waals surface area contributed by atoms with E-state index in [1.165, 1.54) is 51.4 Å². The summed E-state index contributed by atoms with van der Waals surface area (Å²) in [6.07, 6.45) is 14.8. The van der Waals surface area contributed by atoms with Crippen molar-refractivity contribution in [1.82, 2.24) is 0 Å². The molecule has 2 N–H and O–H groups in total. The number of ether oxygens (including phenoxy) is 3. The number of aliphatic hydroxyl groups is 1. The third-order valence-electron chi connectivity index (χ3n) is 4.58. The van der Waals surface area contributed by atoms with Crippen LogP contribution < -0.4 is 0 Å². The fourth-order valence-electron chi connectivity index (χ4n) is 2.78. The lowest BCUT2D eigenvalue weighted by Gasteiger charge is -2.06. The van der Waals surface area contributed by atoms with Gasteiger partial charge in [0.25, 0.3) is 0 Å². The van der Waals surface area contributed by atoms with Gasteiger partial charge in [0.15, 0.2) is 0 Å². The zero-order valence-electron chi connectivity index (χ0n) is 20.1. The van der Waals surface area contributed by atoms with E-state index in [0.717, 1.165) is 25.7 Å². The third-order valence-corrected chi connectivity index (χ3v) is 4.58. The second-order valence-electron chi connectivity index (χ2n) is 7.60. The predicted molar refractivity (Wildman–Crippen MR) is 123 cm³/mol. The van der Waals surface area contributed by atoms with Gasteiger partial charge in [-0.3, -0.25) is 9.59 Å². The molecule has 186 valence electrons. The molecule has 0 aromatic carbocycles. The van der Waals surface area contributed by atoms with E-state index >= 15 is 0 Å². The molecule has 0 saturated heterocycles. The average Bonchev–Trinajstić information content (AvgIpc) is 2.75. The fraction of sp³-hybridized carbons (Fsp3) is 0.917. The molecule has 0 aromatic heterocycles. The van der Waals surface area contributed by atoms with E-state index in [1.807, 2.05) is 0 Å². The van der Waals surface area contributed by atoms with E-state index in [0.29, 0.717) is 45.9 Å². The number of carbonyl (C=O) groups is 2. The van der Waals surface area contributed by atoms with Crippen molar-refractivity contribution in [3.05, 3.63) is 0 Å². The molecule has 7 nitrogen and oxygen atoms in total. The molecule has 0 radical (unpaired) electrons. The van der Waals surface area contributed by atoms with Crippen LogP contribution in [-0.2, 0) is 23.8 Å². The van der Waals surface area contributed by atoms with Crippen molar-refractivity contribution >= 4 is 11.9 Å². The molecule has 0 fully saturated rings. The van der Waals surface area contributed by atoms with Gasteiger partial charge in [-0.05, 0) is 12.8 Å². The normalized spacial score (nSPS) is 10.4. The highest BCUT2D eigenvalue weighted by Crippen LogP contribution is 2.08. The molecule has 0 unspecified atom stereocenters. The van der Waals surface area contributed by atoms with Crippen molar-refractivity contribution in [2.75, 3.05) is 39.6 Å². The lowest BCUT2D eigenvalue weighted by molar-refractivity contribution is -0.145. The Kier molecular flexibility index (Phi) is 29.8. The van der Waals surface area contributed by atoms with E-state index in [2.05, 4.69) is 13.8 Å². The van der Waals surface area contributed by atoms with Gasteiger partial charge in [0.05, 0.1) is 33.0 Å². The van der Waals surface area contributed by atoms with E-state index in [4.69, 9.17) is 24.4 Å². The first-order valence-electron chi connectivity index (χ1n) is 12.2. The molecule has 7 heteroatoms. The molecule has 0 atom stereocenters. The minimum Gasteiger partial charge on any atom is -0.481 e. The standard InChI is InChI=1S/C14H28O5.C10H20O2/c1-2-3-4-5-6-7-14(16)19-13-12-18-11-10-17-9-8-15;1-2-3-4-5-6-7-8-9-10(11)12/h15H,2-13H2,1H3;2-9H2,1H3,(H,11,12). The van der Waals surface area contributed by atoms with Gasteiger partial charge < -0.3 is 24.4 Å². The van der Waals surface area contributed by atoms with Crippen LogP contribution in [0.5, 0.6) is 0 Å². The number of rotatable bonds is 22. The van der Waals surface area contributed by atoms with E-state index < -0.39 is 5.97 Å². The number of aliphatic hydroxyl groups excluding tert-OH is 1. The lowest BCUT2D eigenvalue weighted by Crippen LogP contribution is -2.13.